The van der Waals surface area contributed by atoms with Gasteiger partial charge in [-0.2, -0.15) is 0 Å². The molecule has 0 fully saturated rings. The van der Waals surface area contributed by atoms with E-state index < -0.39 is 0 Å². The molecule has 0 unspecified atom stereocenters. The third-order valence-electron chi connectivity index (χ3n) is 4.62. The molecule has 31 heavy (non-hydrogen) atoms. The van der Waals surface area contributed by atoms with Crippen LogP contribution >= 0.6 is 0 Å². The van der Waals surface area contributed by atoms with E-state index in [1.165, 1.54) is 11.1 Å². The SMILES string of the molecule is O.O.c1ccc(Cc2ccccc2[O][Co][O]c2ccccc2Cc2ccccc2)cc1. The predicted molar refractivity (Wildman–Crippen MR) is 120 cm³/mol. The third-order valence-corrected chi connectivity index (χ3v) is 5.25. The van der Waals surface area contributed by atoms with Gasteiger partial charge in [-0.3, -0.25) is 0 Å². The molecule has 4 nitrogen and oxygen atoms in total. The van der Waals surface area contributed by atoms with E-state index in [-0.39, 0.29) is 11.0 Å². The van der Waals surface area contributed by atoms with Gasteiger partial charge in [0.1, 0.15) is 0 Å². The first-order chi connectivity index (χ1) is 14.4. The van der Waals surface area contributed by atoms with Crippen molar-refractivity contribution >= 4 is 0 Å². The fraction of sp³-hybridized carbons (Fsp3) is 0.0769. The number of hydrogen-bond donors (Lipinski definition) is 0. The second-order valence-electron chi connectivity index (χ2n) is 6.73. The summed E-state index contributed by atoms with van der Waals surface area (Å²) in [4.78, 5) is 0. The Kier molecular flexibility index (Phi) is 9.80. The minimum atomic E-state index is 0. The molecule has 4 N–H and O–H groups in total. The molecular formula is C26H26CoO4. The fourth-order valence-corrected chi connectivity index (χ4v) is 3.78. The van der Waals surface area contributed by atoms with E-state index in [1.54, 1.807) is 0 Å². The van der Waals surface area contributed by atoms with E-state index in [4.69, 9.17) is 7.70 Å². The van der Waals surface area contributed by atoms with Crippen LogP contribution in [0.4, 0.5) is 0 Å². The van der Waals surface area contributed by atoms with Crippen LogP contribution in [0.25, 0.3) is 0 Å². The van der Waals surface area contributed by atoms with Gasteiger partial charge in [-0.1, -0.05) is 0 Å². The average molecular weight is 461 g/mol. The van der Waals surface area contributed by atoms with Gasteiger partial charge in [0.2, 0.25) is 0 Å². The van der Waals surface area contributed by atoms with E-state index in [2.05, 4.69) is 60.7 Å². The van der Waals surface area contributed by atoms with Crippen molar-refractivity contribution in [2.75, 3.05) is 0 Å². The van der Waals surface area contributed by atoms with E-state index in [1.807, 2.05) is 48.5 Å². The Hall–Kier alpha value is -3.09. The van der Waals surface area contributed by atoms with Crippen LogP contribution in [0.15, 0.2) is 109 Å². The van der Waals surface area contributed by atoms with Crippen LogP contribution in [0.3, 0.4) is 0 Å². The summed E-state index contributed by atoms with van der Waals surface area (Å²) in [5.41, 5.74) is 4.81. The van der Waals surface area contributed by atoms with Crippen LogP contribution in [0, 0.1) is 0 Å². The van der Waals surface area contributed by atoms with Crippen molar-refractivity contribution in [3.63, 3.8) is 0 Å². The van der Waals surface area contributed by atoms with Gasteiger partial charge in [0, 0.05) is 0 Å². The van der Waals surface area contributed by atoms with E-state index in [0.29, 0.717) is 15.3 Å². The van der Waals surface area contributed by atoms with Gasteiger partial charge in [-0.15, -0.1) is 0 Å². The van der Waals surface area contributed by atoms with Crippen molar-refractivity contribution in [2.24, 2.45) is 0 Å². The summed E-state index contributed by atoms with van der Waals surface area (Å²) < 4.78 is 11.9. The monoisotopic (exact) mass is 461 g/mol. The zero-order valence-corrected chi connectivity index (χ0v) is 18.0. The molecule has 0 radical (unpaired) electrons. The van der Waals surface area contributed by atoms with E-state index >= 15 is 0 Å². The Morgan fingerprint density at radius 2 is 0.806 bits per heavy atom. The van der Waals surface area contributed by atoms with E-state index in [0.717, 1.165) is 35.5 Å². The predicted octanol–water partition coefficient (Wildman–Crippen LogP) is 4.59. The molecule has 0 aliphatic rings. The summed E-state index contributed by atoms with van der Waals surface area (Å²) >= 11 is 0.490. The minimum absolute atomic E-state index is 0. The molecule has 4 rings (SSSR count). The quantitative estimate of drug-likeness (QED) is 0.385. The Labute approximate surface area is 189 Å². The van der Waals surface area contributed by atoms with Gasteiger partial charge in [0.25, 0.3) is 0 Å². The number of benzene rings is 4. The molecule has 0 saturated carbocycles. The van der Waals surface area contributed by atoms with Crippen molar-refractivity contribution in [3.8, 4) is 11.5 Å². The molecule has 0 heterocycles. The van der Waals surface area contributed by atoms with Crippen molar-refractivity contribution < 1.29 is 34.0 Å². The molecule has 0 atom stereocenters. The summed E-state index contributed by atoms with van der Waals surface area (Å²) in [6.45, 7) is 0. The van der Waals surface area contributed by atoms with Crippen LogP contribution < -0.4 is 7.70 Å². The number of para-hydroxylation sites is 2. The Morgan fingerprint density at radius 1 is 0.452 bits per heavy atom. The molecule has 0 aliphatic carbocycles. The molecule has 0 saturated heterocycles. The molecule has 0 amide bonds. The van der Waals surface area contributed by atoms with Crippen molar-refractivity contribution in [2.45, 2.75) is 12.8 Å². The maximum absolute atomic E-state index is 5.97. The molecule has 4 aromatic rings. The average Bonchev–Trinajstić information content (AvgIpc) is 2.78. The zero-order chi connectivity index (χ0) is 19.7. The summed E-state index contributed by atoms with van der Waals surface area (Å²) in [5, 5.41) is 0. The standard InChI is InChI=1S/2C13H12O.Co.2H2O/c2*14-13-9-5-4-8-12(13)10-11-6-2-1-3-7-11;;;/h2*1-9,14H,10H2;;2*1H2/q;;+2;;/p-2. The van der Waals surface area contributed by atoms with Crippen molar-refractivity contribution in [3.05, 3.63) is 131 Å². The molecule has 0 spiro atoms. The first-order valence-electron chi connectivity index (χ1n) is 9.57. The molecule has 5 heteroatoms. The van der Waals surface area contributed by atoms with Crippen LogP contribution in [0.5, 0.6) is 11.5 Å². The summed E-state index contributed by atoms with van der Waals surface area (Å²) in [7, 11) is 0. The Balaban J connectivity index is 0.00000171. The maximum atomic E-state index is 5.97. The summed E-state index contributed by atoms with van der Waals surface area (Å²) in [5.74, 6) is 1.69. The summed E-state index contributed by atoms with van der Waals surface area (Å²) in [6, 6.07) is 37.1. The second kappa shape index (κ2) is 12.6. The van der Waals surface area contributed by atoms with Gasteiger partial charge in [-0.05, 0) is 0 Å². The van der Waals surface area contributed by atoms with Crippen LogP contribution in [0.1, 0.15) is 22.3 Å². The molecule has 163 valence electrons. The molecule has 0 bridgehead atoms. The first-order valence-corrected chi connectivity index (χ1v) is 10.4. The molecule has 0 aliphatic heterocycles. The van der Waals surface area contributed by atoms with Gasteiger partial charge in [-0.25, -0.2) is 0 Å². The Bertz CT molecular complexity index is 954. The third kappa shape index (κ3) is 6.98. The first kappa shape index (κ1) is 24.2. The van der Waals surface area contributed by atoms with Crippen LogP contribution in [-0.2, 0) is 28.2 Å². The van der Waals surface area contributed by atoms with Gasteiger partial charge >= 0.3 is 179 Å². The fourth-order valence-electron chi connectivity index (χ4n) is 3.14. The van der Waals surface area contributed by atoms with Crippen LogP contribution in [-0.4, -0.2) is 11.0 Å². The molecule has 0 aromatic heterocycles. The van der Waals surface area contributed by atoms with Crippen molar-refractivity contribution in [1.29, 1.82) is 0 Å². The molecule has 4 aromatic carbocycles. The topological polar surface area (TPSA) is 81.5 Å². The normalized spacial score (nSPS) is 9.94. The van der Waals surface area contributed by atoms with Gasteiger partial charge in [0.15, 0.2) is 0 Å². The summed E-state index contributed by atoms with van der Waals surface area (Å²) in [6.07, 6.45) is 1.66. The number of hydrogen-bond acceptors (Lipinski definition) is 2. The van der Waals surface area contributed by atoms with Gasteiger partial charge in [0.05, 0.1) is 0 Å². The Morgan fingerprint density at radius 3 is 1.23 bits per heavy atom. The second-order valence-corrected chi connectivity index (χ2v) is 7.33. The van der Waals surface area contributed by atoms with Gasteiger partial charge < -0.3 is 11.0 Å². The molecular weight excluding hydrogens is 435 g/mol. The zero-order valence-electron chi connectivity index (χ0n) is 17.0. The van der Waals surface area contributed by atoms with E-state index in [9.17, 15) is 0 Å². The van der Waals surface area contributed by atoms with Crippen molar-refractivity contribution in [1.82, 2.24) is 0 Å². The van der Waals surface area contributed by atoms with Crippen LogP contribution in [0.2, 0.25) is 0 Å². The number of rotatable bonds is 8.